The highest BCUT2D eigenvalue weighted by molar-refractivity contribution is 6.04. The summed E-state index contributed by atoms with van der Waals surface area (Å²) in [6.45, 7) is 3.18. The molecule has 4 N–H and O–H groups in total. The van der Waals surface area contributed by atoms with Gasteiger partial charge in [-0.2, -0.15) is 5.10 Å². The molecule has 122 valence electrons. The topological polar surface area (TPSA) is 96.9 Å². The number of aromatic amines is 1. The van der Waals surface area contributed by atoms with Crippen LogP contribution in [0.3, 0.4) is 0 Å². The number of pyridine rings is 1. The van der Waals surface area contributed by atoms with Gasteiger partial charge in [0.15, 0.2) is 0 Å². The summed E-state index contributed by atoms with van der Waals surface area (Å²) in [5.41, 5.74) is 9.12. The molecule has 1 aromatic carbocycles. The molecule has 0 radical (unpaired) electrons. The number of nitrogens with one attached hydrogen (secondary N) is 1. The van der Waals surface area contributed by atoms with Gasteiger partial charge in [-0.15, -0.1) is 0 Å². The fourth-order valence-corrected chi connectivity index (χ4v) is 3.05. The van der Waals surface area contributed by atoms with Crippen LogP contribution in [-0.2, 0) is 13.0 Å². The molecule has 0 aliphatic rings. The summed E-state index contributed by atoms with van der Waals surface area (Å²) in [5, 5.41) is 17.9. The normalized spacial score (nSPS) is 11.6. The minimum absolute atomic E-state index is 0.0182. The lowest BCUT2D eigenvalue weighted by atomic mass is 10.0. The molecule has 0 spiro atoms. The highest BCUT2D eigenvalue weighted by Gasteiger charge is 2.15. The van der Waals surface area contributed by atoms with Gasteiger partial charge >= 0.3 is 0 Å². The predicted octanol–water partition coefficient (Wildman–Crippen LogP) is 1.46. The van der Waals surface area contributed by atoms with Crippen molar-refractivity contribution in [2.75, 3.05) is 13.2 Å². The first-order valence-corrected chi connectivity index (χ1v) is 7.98. The number of fused-ring (bicyclic) bond motifs is 3. The summed E-state index contributed by atoms with van der Waals surface area (Å²) in [6.07, 6.45) is 2.28. The molecule has 0 amide bonds. The average molecular weight is 314 g/mol. The van der Waals surface area contributed by atoms with Gasteiger partial charge in [0.05, 0.1) is 10.9 Å². The van der Waals surface area contributed by atoms with Crippen LogP contribution in [0.5, 0.6) is 0 Å². The number of H-pyrrole nitrogens is 1. The first-order chi connectivity index (χ1) is 11.2. The third-order valence-electron chi connectivity index (χ3n) is 4.22. The van der Waals surface area contributed by atoms with Crippen molar-refractivity contribution >= 4 is 21.8 Å². The molecule has 6 heteroatoms. The minimum Gasteiger partial charge on any atom is -0.396 e. The van der Waals surface area contributed by atoms with E-state index in [9.17, 15) is 4.79 Å². The molecule has 0 saturated carbocycles. The Hall–Kier alpha value is -2.18. The Morgan fingerprint density at radius 2 is 2.17 bits per heavy atom. The molecule has 0 saturated heterocycles. The molecule has 2 aromatic heterocycles. The van der Waals surface area contributed by atoms with E-state index in [1.165, 1.54) is 0 Å². The Morgan fingerprint density at radius 3 is 2.91 bits per heavy atom. The maximum Gasteiger partial charge on any atom is 0.262 e. The Balaban J connectivity index is 2.28. The lowest BCUT2D eigenvalue weighted by molar-refractivity contribution is 0.288. The van der Waals surface area contributed by atoms with Crippen LogP contribution < -0.4 is 11.3 Å². The fraction of sp³-hybridized carbons (Fsp3) is 0.412. The van der Waals surface area contributed by atoms with E-state index in [2.05, 4.69) is 16.3 Å². The number of benzene rings is 1. The predicted molar refractivity (Wildman–Crippen MR) is 91.7 cm³/mol. The number of aliphatic hydroxyl groups is 1. The van der Waals surface area contributed by atoms with Gasteiger partial charge in [0.1, 0.15) is 5.52 Å². The molecule has 2 heterocycles. The number of hydrogen-bond acceptors (Lipinski definition) is 4. The van der Waals surface area contributed by atoms with Gasteiger partial charge in [0.25, 0.3) is 5.56 Å². The number of rotatable bonds is 6. The van der Waals surface area contributed by atoms with Crippen molar-refractivity contribution in [1.82, 2.24) is 14.8 Å². The highest BCUT2D eigenvalue weighted by Crippen LogP contribution is 2.24. The van der Waals surface area contributed by atoms with Crippen LogP contribution in [0.4, 0.5) is 0 Å². The van der Waals surface area contributed by atoms with Crippen LogP contribution in [0.1, 0.15) is 24.1 Å². The molecule has 0 atom stereocenters. The molecule has 0 fully saturated rings. The van der Waals surface area contributed by atoms with Crippen molar-refractivity contribution in [1.29, 1.82) is 0 Å². The Labute approximate surface area is 133 Å². The zero-order valence-corrected chi connectivity index (χ0v) is 13.3. The van der Waals surface area contributed by atoms with Crippen molar-refractivity contribution < 1.29 is 5.11 Å². The molecule has 0 aliphatic heterocycles. The van der Waals surface area contributed by atoms with E-state index in [0.29, 0.717) is 18.5 Å². The largest absolute Gasteiger partial charge is 0.396 e. The van der Waals surface area contributed by atoms with Gasteiger partial charge < -0.3 is 15.4 Å². The standard InChI is InChI=1S/C17H22N4O2/c1-11-15-16(20-19-11)13-10-12(4-2-9-22)5-6-14(13)21(17(15)23)8-3-7-18/h5-6,10,22H,2-4,7-9,18H2,1H3,(H,19,20). The maximum absolute atomic E-state index is 12.8. The summed E-state index contributed by atoms with van der Waals surface area (Å²) in [4.78, 5) is 12.8. The first-order valence-electron chi connectivity index (χ1n) is 7.98. The third kappa shape index (κ3) is 2.75. The number of aliphatic hydroxyl groups excluding tert-OH is 1. The maximum atomic E-state index is 12.8. The monoisotopic (exact) mass is 314 g/mol. The smallest absolute Gasteiger partial charge is 0.262 e. The second-order valence-corrected chi connectivity index (χ2v) is 5.85. The van der Waals surface area contributed by atoms with Crippen LogP contribution in [0.25, 0.3) is 21.8 Å². The molecule has 3 rings (SSSR count). The van der Waals surface area contributed by atoms with Crippen molar-refractivity contribution in [2.24, 2.45) is 5.73 Å². The van der Waals surface area contributed by atoms with Gasteiger partial charge in [-0.3, -0.25) is 9.89 Å². The third-order valence-corrected chi connectivity index (χ3v) is 4.22. The molecule has 0 bridgehead atoms. The van der Waals surface area contributed by atoms with E-state index in [1.807, 2.05) is 19.1 Å². The van der Waals surface area contributed by atoms with Crippen molar-refractivity contribution in [3.05, 3.63) is 39.8 Å². The van der Waals surface area contributed by atoms with Crippen LogP contribution >= 0.6 is 0 Å². The second-order valence-electron chi connectivity index (χ2n) is 5.85. The summed E-state index contributed by atoms with van der Waals surface area (Å²) < 4.78 is 1.79. The molecule has 23 heavy (non-hydrogen) atoms. The highest BCUT2D eigenvalue weighted by atomic mass is 16.2. The van der Waals surface area contributed by atoms with Crippen molar-refractivity contribution in [3.8, 4) is 0 Å². The number of nitrogens with zero attached hydrogens (tertiary/aromatic N) is 2. The Kier molecular flexibility index (Phi) is 4.45. The SMILES string of the molecule is Cc1[nH]nc2c1c(=O)n(CCCN)c1ccc(CCCO)cc21. The average Bonchev–Trinajstić information content (AvgIpc) is 2.95. The zero-order valence-electron chi connectivity index (χ0n) is 13.3. The van der Waals surface area contributed by atoms with Gasteiger partial charge in [0, 0.05) is 24.2 Å². The van der Waals surface area contributed by atoms with Crippen molar-refractivity contribution in [3.63, 3.8) is 0 Å². The minimum atomic E-state index is -0.0182. The van der Waals surface area contributed by atoms with E-state index in [0.717, 1.165) is 46.9 Å². The van der Waals surface area contributed by atoms with Crippen LogP contribution in [-0.4, -0.2) is 33.0 Å². The zero-order chi connectivity index (χ0) is 16.4. The molecule has 6 nitrogen and oxygen atoms in total. The number of nitrogens with two attached hydrogens (primary N) is 1. The second kappa shape index (κ2) is 6.52. The molecule has 0 unspecified atom stereocenters. The van der Waals surface area contributed by atoms with Gasteiger partial charge in [0.2, 0.25) is 0 Å². The van der Waals surface area contributed by atoms with Crippen LogP contribution in [0.15, 0.2) is 23.0 Å². The molecule has 0 aliphatic carbocycles. The van der Waals surface area contributed by atoms with Crippen LogP contribution in [0.2, 0.25) is 0 Å². The molecule has 3 aromatic rings. The van der Waals surface area contributed by atoms with E-state index in [-0.39, 0.29) is 12.2 Å². The number of hydrogen-bond donors (Lipinski definition) is 3. The fourth-order valence-electron chi connectivity index (χ4n) is 3.05. The van der Waals surface area contributed by atoms with Gasteiger partial charge in [-0.05, 0) is 50.4 Å². The van der Waals surface area contributed by atoms with Gasteiger partial charge in [-0.1, -0.05) is 6.07 Å². The lowest BCUT2D eigenvalue weighted by Gasteiger charge is -2.12. The van der Waals surface area contributed by atoms with E-state index in [4.69, 9.17) is 10.8 Å². The van der Waals surface area contributed by atoms with Crippen molar-refractivity contribution in [2.45, 2.75) is 32.7 Å². The number of aromatic nitrogens is 3. The summed E-state index contributed by atoms with van der Waals surface area (Å²) in [7, 11) is 0. The van der Waals surface area contributed by atoms with Gasteiger partial charge in [-0.25, -0.2) is 0 Å². The van der Waals surface area contributed by atoms with E-state index in [1.54, 1.807) is 4.57 Å². The Bertz CT molecular complexity index is 895. The lowest BCUT2D eigenvalue weighted by Crippen LogP contribution is -2.22. The Morgan fingerprint density at radius 1 is 1.35 bits per heavy atom. The quantitative estimate of drug-likeness (QED) is 0.641. The molecular formula is C17H22N4O2. The first kappa shape index (κ1) is 15.7. The summed E-state index contributed by atoms with van der Waals surface area (Å²) in [6, 6.07) is 6.07. The van der Waals surface area contributed by atoms with E-state index >= 15 is 0 Å². The molecular weight excluding hydrogens is 292 g/mol. The van der Waals surface area contributed by atoms with Crippen LogP contribution in [0, 0.1) is 6.92 Å². The van der Waals surface area contributed by atoms with E-state index < -0.39 is 0 Å². The summed E-state index contributed by atoms with van der Waals surface area (Å²) >= 11 is 0. The summed E-state index contributed by atoms with van der Waals surface area (Å²) in [5.74, 6) is 0. The number of aryl methyl sites for hydroxylation is 3.